The number of sulfonamides is 1. The van der Waals surface area contributed by atoms with Crippen LogP contribution in [0.4, 0.5) is 5.82 Å². The molecule has 0 radical (unpaired) electrons. The van der Waals surface area contributed by atoms with Gasteiger partial charge < -0.3 is 9.63 Å². The zero-order chi connectivity index (χ0) is 14.0. The molecule has 0 saturated carbocycles. The molecule has 0 aliphatic carbocycles. The summed E-state index contributed by atoms with van der Waals surface area (Å²) in [6.45, 7) is 0. The summed E-state index contributed by atoms with van der Waals surface area (Å²) < 4.78 is 31.1. The topological polar surface area (TPSA) is 110 Å². The molecule has 0 bridgehead atoms. The van der Waals surface area contributed by atoms with E-state index in [0.717, 1.165) is 6.07 Å². The molecule has 0 aliphatic heterocycles. The van der Waals surface area contributed by atoms with Crippen LogP contribution in [-0.2, 0) is 10.0 Å². The van der Waals surface area contributed by atoms with Crippen LogP contribution < -0.4 is 4.72 Å². The Morgan fingerprint density at radius 2 is 2.11 bits per heavy atom. The van der Waals surface area contributed by atoms with E-state index in [1.54, 1.807) is 0 Å². The van der Waals surface area contributed by atoms with E-state index in [1.165, 1.54) is 24.5 Å². The Morgan fingerprint density at radius 3 is 2.68 bits per heavy atom. The number of aromatic carboxylic acids is 1. The lowest BCUT2D eigenvalue weighted by Crippen LogP contribution is -2.14. The monoisotopic (exact) mass is 394 g/mol. The van der Waals surface area contributed by atoms with Crippen molar-refractivity contribution < 1.29 is 22.8 Å². The van der Waals surface area contributed by atoms with Crippen molar-refractivity contribution in [1.29, 1.82) is 0 Å². The van der Waals surface area contributed by atoms with Crippen molar-refractivity contribution >= 4 is 44.4 Å². The molecule has 2 rings (SSSR count). The molecule has 19 heavy (non-hydrogen) atoms. The van der Waals surface area contributed by atoms with Gasteiger partial charge in [0.25, 0.3) is 10.0 Å². The van der Waals surface area contributed by atoms with Crippen molar-refractivity contribution in [2.24, 2.45) is 0 Å². The van der Waals surface area contributed by atoms with E-state index in [1.807, 2.05) is 22.6 Å². The zero-order valence-corrected chi connectivity index (χ0v) is 12.2. The van der Waals surface area contributed by atoms with Gasteiger partial charge in [-0.2, -0.15) is 0 Å². The zero-order valence-electron chi connectivity index (χ0n) is 9.20. The lowest BCUT2D eigenvalue weighted by Gasteiger charge is -2.06. The Balaban J connectivity index is 2.41. The molecule has 9 heteroatoms. The van der Waals surface area contributed by atoms with Gasteiger partial charge in [0.05, 0.1) is 10.5 Å². The van der Waals surface area contributed by atoms with Gasteiger partial charge in [0.1, 0.15) is 6.26 Å². The molecule has 2 N–H and O–H groups in total. The highest BCUT2D eigenvalue weighted by Gasteiger charge is 2.19. The molecule has 0 unspecified atom stereocenters. The highest BCUT2D eigenvalue weighted by Crippen LogP contribution is 2.20. The third-order valence-corrected chi connectivity index (χ3v) is 4.45. The molecule has 0 amide bonds. The number of nitrogens with zero attached hydrogens (tertiary/aromatic N) is 1. The predicted molar refractivity (Wildman–Crippen MR) is 73.4 cm³/mol. The number of benzene rings is 1. The van der Waals surface area contributed by atoms with Gasteiger partial charge in [0, 0.05) is 9.64 Å². The molecule has 100 valence electrons. The lowest BCUT2D eigenvalue weighted by molar-refractivity contribution is 0.0695. The number of carboxylic acids is 1. The second kappa shape index (κ2) is 5.17. The maximum Gasteiger partial charge on any atom is 0.336 e. The minimum atomic E-state index is -3.90. The van der Waals surface area contributed by atoms with E-state index >= 15 is 0 Å². The summed E-state index contributed by atoms with van der Waals surface area (Å²) in [5.74, 6) is -1.17. The first kappa shape index (κ1) is 13.8. The average Bonchev–Trinajstić information content (AvgIpc) is 2.80. The van der Waals surface area contributed by atoms with Crippen LogP contribution in [0, 0.1) is 3.57 Å². The van der Waals surface area contributed by atoms with E-state index in [-0.39, 0.29) is 16.3 Å². The molecule has 1 aromatic heterocycles. The van der Waals surface area contributed by atoms with Gasteiger partial charge in [-0.3, -0.25) is 4.72 Å². The van der Waals surface area contributed by atoms with Crippen LogP contribution in [0.3, 0.4) is 0 Å². The number of halogens is 1. The first-order valence-electron chi connectivity index (χ1n) is 4.86. The molecule has 0 saturated heterocycles. The van der Waals surface area contributed by atoms with Crippen molar-refractivity contribution in [2.45, 2.75) is 4.90 Å². The predicted octanol–water partition coefficient (Wildman–Crippen LogP) is 1.78. The summed E-state index contributed by atoms with van der Waals surface area (Å²) in [6, 6.07) is 5.16. The van der Waals surface area contributed by atoms with Gasteiger partial charge in [-0.15, -0.1) is 0 Å². The van der Waals surface area contributed by atoms with Crippen molar-refractivity contribution in [3.8, 4) is 0 Å². The van der Waals surface area contributed by atoms with Gasteiger partial charge >= 0.3 is 5.97 Å². The summed E-state index contributed by atoms with van der Waals surface area (Å²) in [4.78, 5) is 10.8. The van der Waals surface area contributed by atoms with Gasteiger partial charge in [-0.1, -0.05) is 5.16 Å². The van der Waals surface area contributed by atoms with E-state index in [9.17, 15) is 13.2 Å². The van der Waals surface area contributed by atoms with Gasteiger partial charge in [0.2, 0.25) is 0 Å². The molecule has 0 atom stereocenters. The van der Waals surface area contributed by atoms with E-state index in [4.69, 9.17) is 5.11 Å². The SMILES string of the molecule is O=C(O)c1cc(S(=O)(=O)Nc2ccon2)ccc1I. The van der Waals surface area contributed by atoms with E-state index in [2.05, 4.69) is 14.4 Å². The van der Waals surface area contributed by atoms with Crippen LogP contribution in [0.2, 0.25) is 0 Å². The van der Waals surface area contributed by atoms with E-state index < -0.39 is 16.0 Å². The lowest BCUT2D eigenvalue weighted by atomic mass is 10.2. The number of hydrogen-bond acceptors (Lipinski definition) is 5. The second-order valence-electron chi connectivity index (χ2n) is 3.44. The van der Waals surface area contributed by atoms with Gasteiger partial charge in [-0.25, -0.2) is 13.2 Å². The number of aromatic nitrogens is 1. The Bertz CT molecular complexity index is 712. The standard InChI is InChI=1S/C10H7IN2O5S/c11-8-2-1-6(5-7(8)10(14)15)19(16,17)13-9-3-4-18-12-9/h1-5H,(H,12,13)(H,14,15). The van der Waals surface area contributed by atoms with Crippen molar-refractivity contribution in [1.82, 2.24) is 5.16 Å². The van der Waals surface area contributed by atoms with Crippen molar-refractivity contribution in [3.63, 3.8) is 0 Å². The van der Waals surface area contributed by atoms with Crippen molar-refractivity contribution in [2.75, 3.05) is 4.72 Å². The normalized spacial score (nSPS) is 11.2. The maximum atomic E-state index is 12.0. The number of carbonyl (C=O) groups is 1. The van der Waals surface area contributed by atoms with Crippen molar-refractivity contribution in [3.05, 3.63) is 39.7 Å². The second-order valence-corrected chi connectivity index (χ2v) is 6.28. The number of carboxylic acid groups (broad SMARTS) is 1. The molecular formula is C10H7IN2O5S. The fourth-order valence-corrected chi connectivity index (χ4v) is 2.88. The summed E-state index contributed by atoms with van der Waals surface area (Å²) >= 11 is 1.82. The minimum absolute atomic E-state index is 0.0235. The smallest absolute Gasteiger partial charge is 0.336 e. The summed E-state index contributed by atoms with van der Waals surface area (Å²) in [6.07, 6.45) is 1.22. The number of anilines is 1. The van der Waals surface area contributed by atoms with Crippen LogP contribution >= 0.6 is 22.6 Å². The molecule has 1 aromatic carbocycles. The third-order valence-electron chi connectivity index (χ3n) is 2.16. The molecule has 2 aromatic rings. The Kier molecular flexibility index (Phi) is 3.75. The highest BCUT2D eigenvalue weighted by molar-refractivity contribution is 14.1. The van der Waals surface area contributed by atoms with Crippen LogP contribution in [0.5, 0.6) is 0 Å². The first-order valence-corrected chi connectivity index (χ1v) is 7.42. The van der Waals surface area contributed by atoms with Gasteiger partial charge in [-0.05, 0) is 40.8 Å². The summed E-state index contributed by atoms with van der Waals surface area (Å²) in [7, 11) is -3.90. The largest absolute Gasteiger partial charge is 0.478 e. The van der Waals surface area contributed by atoms with Crippen LogP contribution in [0.25, 0.3) is 0 Å². The molecule has 0 fully saturated rings. The minimum Gasteiger partial charge on any atom is -0.478 e. The number of rotatable bonds is 4. The first-order chi connectivity index (χ1) is 8.90. The van der Waals surface area contributed by atoms with Crippen LogP contribution in [0.1, 0.15) is 10.4 Å². The Morgan fingerprint density at radius 1 is 1.37 bits per heavy atom. The molecule has 0 aliphatic rings. The maximum absolute atomic E-state index is 12.0. The molecule has 1 heterocycles. The molecule has 0 spiro atoms. The van der Waals surface area contributed by atoms with E-state index in [0.29, 0.717) is 3.57 Å². The number of hydrogen-bond donors (Lipinski definition) is 2. The summed E-state index contributed by atoms with van der Waals surface area (Å²) in [5.41, 5.74) is -0.0800. The van der Waals surface area contributed by atoms with Crippen LogP contribution in [0.15, 0.2) is 39.9 Å². The van der Waals surface area contributed by atoms with Crippen LogP contribution in [-0.4, -0.2) is 24.7 Å². The summed E-state index contributed by atoms with van der Waals surface area (Å²) in [5, 5.41) is 12.4. The quantitative estimate of drug-likeness (QED) is 0.766. The highest BCUT2D eigenvalue weighted by atomic mass is 127. The Hall–Kier alpha value is -1.62. The molecular weight excluding hydrogens is 387 g/mol. The Labute approximate surface area is 121 Å². The third kappa shape index (κ3) is 3.04. The average molecular weight is 394 g/mol. The fourth-order valence-electron chi connectivity index (χ4n) is 1.30. The molecule has 7 nitrogen and oxygen atoms in total. The number of nitrogens with one attached hydrogen (secondary N) is 1. The fraction of sp³-hybridized carbons (Fsp3) is 0. The van der Waals surface area contributed by atoms with Gasteiger partial charge in [0.15, 0.2) is 5.82 Å².